The molecule has 4 rings (SSSR count). The van der Waals surface area contributed by atoms with Crippen LogP contribution in [0.4, 0.5) is 4.39 Å². The topological polar surface area (TPSA) is 80.0 Å². The van der Waals surface area contributed by atoms with E-state index in [2.05, 4.69) is 10.1 Å². The van der Waals surface area contributed by atoms with E-state index in [4.69, 9.17) is 0 Å². The van der Waals surface area contributed by atoms with Crippen LogP contribution in [-0.4, -0.2) is 25.9 Å². The largest absolute Gasteiger partial charge is 0.289 e. The van der Waals surface area contributed by atoms with Crippen LogP contribution < -0.4 is 5.48 Å². The highest BCUT2D eigenvalue weighted by Crippen LogP contribution is 2.42. The molecule has 7 heteroatoms. The average molecular weight is 366 g/mol. The minimum absolute atomic E-state index is 0.306. The molecule has 2 heterocycles. The zero-order chi connectivity index (χ0) is 19.2. The maximum atomic E-state index is 14.2. The molecule has 1 unspecified atom stereocenters. The van der Waals surface area contributed by atoms with E-state index in [1.807, 2.05) is 13.0 Å². The molecule has 1 atom stereocenters. The molecule has 0 fully saturated rings. The summed E-state index contributed by atoms with van der Waals surface area (Å²) in [6.07, 6.45) is 5.82. The first kappa shape index (κ1) is 17.4. The highest BCUT2D eigenvalue weighted by molar-refractivity contribution is 5.89. The van der Waals surface area contributed by atoms with Crippen molar-refractivity contribution >= 4 is 5.91 Å². The lowest BCUT2D eigenvalue weighted by Gasteiger charge is -2.29. The van der Waals surface area contributed by atoms with Crippen molar-refractivity contribution < 1.29 is 14.4 Å². The summed E-state index contributed by atoms with van der Waals surface area (Å²) in [4.78, 5) is 16.9. The minimum atomic E-state index is -1.09. The van der Waals surface area contributed by atoms with E-state index in [9.17, 15) is 14.4 Å². The maximum absolute atomic E-state index is 14.2. The number of pyridine rings is 1. The summed E-state index contributed by atoms with van der Waals surface area (Å²) < 4.78 is 16.0. The second-order valence-electron chi connectivity index (χ2n) is 6.98. The van der Waals surface area contributed by atoms with Gasteiger partial charge in [-0.15, -0.1) is 0 Å². The fourth-order valence-corrected chi connectivity index (χ4v) is 4.03. The number of carbonyl (C=O) groups is 1. The van der Waals surface area contributed by atoms with E-state index in [1.54, 1.807) is 47.8 Å². The molecule has 1 amide bonds. The van der Waals surface area contributed by atoms with Crippen molar-refractivity contribution in [2.24, 2.45) is 0 Å². The predicted molar refractivity (Wildman–Crippen MR) is 96.2 cm³/mol. The highest BCUT2D eigenvalue weighted by Gasteiger charge is 2.48. The van der Waals surface area contributed by atoms with E-state index < -0.39 is 11.3 Å². The van der Waals surface area contributed by atoms with Gasteiger partial charge in [0.1, 0.15) is 5.82 Å². The number of halogens is 1. The van der Waals surface area contributed by atoms with Crippen molar-refractivity contribution in [3.63, 3.8) is 0 Å². The second kappa shape index (κ2) is 6.28. The number of hydrogen-bond donors (Lipinski definition) is 2. The molecular formula is C20H19FN4O2. The molecule has 0 aliphatic heterocycles. The molecule has 0 bridgehead atoms. The van der Waals surface area contributed by atoms with Crippen molar-refractivity contribution in [2.75, 3.05) is 0 Å². The van der Waals surface area contributed by atoms with Crippen molar-refractivity contribution in [1.82, 2.24) is 20.2 Å². The number of hydroxylamine groups is 1. The summed E-state index contributed by atoms with van der Waals surface area (Å²) in [5.74, 6) is -0.925. The SMILES string of the molecule is Cc1cnccc1-n1ncc2c1CC(C(=O)NO)(c1cccc(F)c1C)C2. The zero-order valence-corrected chi connectivity index (χ0v) is 15.0. The van der Waals surface area contributed by atoms with E-state index in [0.717, 1.165) is 22.5 Å². The molecule has 1 aromatic carbocycles. The Kier molecular flexibility index (Phi) is 4.04. The zero-order valence-electron chi connectivity index (χ0n) is 15.0. The summed E-state index contributed by atoms with van der Waals surface area (Å²) in [7, 11) is 0. The van der Waals surface area contributed by atoms with Gasteiger partial charge in [-0.2, -0.15) is 5.10 Å². The Balaban J connectivity index is 1.86. The molecular weight excluding hydrogens is 347 g/mol. The van der Waals surface area contributed by atoms with Crippen LogP contribution in [0.15, 0.2) is 42.9 Å². The number of aryl methyl sites for hydroxylation is 1. The summed E-state index contributed by atoms with van der Waals surface area (Å²) in [6.45, 7) is 3.59. The smallest absolute Gasteiger partial charge is 0.254 e. The van der Waals surface area contributed by atoms with Gasteiger partial charge in [0.2, 0.25) is 0 Å². The standard InChI is InChI=1S/C20H19FN4O2/c1-12-10-22-7-6-17(12)25-18-9-20(19(26)24-27,8-14(18)11-23-25)15-4-3-5-16(21)13(15)2/h3-7,10-11,27H,8-9H2,1-2H3,(H,24,26). The lowest BCUT2D eigenvalue weighted by atomic mass is 9.75. The Hall–Kier alpha value is -3.06. The first-order valence-corrected chi connectivity index (χ1v) is 8.65. The van der Waals surface area contributed by atoms with E-state index in [0.29, 0.717) is 24.0 Å². The van der Waals surface area contributed by atoms with Gasteiger partial charge in [-0.3, -0.25) is 15.0 Å². The lowest BCUT2D eigenvalue weighted by Crippen LogP contribution is -2.45. The molecule has 2 N–H and O–H groups in total. The van der Waals surface area contributed by atoms with Crippen LogP contribution in [0, 0.1) is 19.7 Å². The Morgan fingerprint density at radius 2 is 2.07 bits per heavy atom. The number of hydrogen-bond acceptors (Lipinski definition) is 4. The number of nitrogens with one attached hydrogen (secondary N) is 1. The monoisotopic (exact) mass is 366 g/mol. The Labute approximate surface area is 155 Å². The number of carbonyl (C=O) groups excluding carboxylic acids is 1. The van der Waals surface area contributed by atoms with E-state index >= 15 is 0 Å². The van der Waals surface area contributed by atoms with E-state index in [1.165, 1.54) is 6.07 Å². The molecule has 1 aliphatic rings. The van der Waals surface area contributed by atoms with Gasteiger partial charge in [0.25, 0.3) is 5.91 Å². The Morgan fingerprint density at radius 3 is 2.81 bits per heavy atom. The van der Waals surface area contributed by atoms with Gasteiger partial charge in [-0.1, -0.05) is 12.1 Å². The third kappa shape index (κ3) is 2.54. The van der Waals surface area contributed by atoms with Crippen LogP contribution in [0.25, 0.3) is 5.69 Å². The van der Waals surface area contributed by atoms with Gasteiger partial charge in [-0.25, -0.2) is 14.6 Å². The summed E-state index contributed by atoms with van der Waals surface area (Å²) in [5, 5.41) is 13.9. The highest BCUT2D eigenvalue weighted by atomic mass is 19.1. The third-order valence-corrected chi connectivity index (χ3v) is 5.46. The van der Waals surface area contributed by atoms with Gasteiger partial charge in [-0.05, 0) is 54.7 Å². The maximum Gasteiger partial charge on any atom is 0.254 e. The van der Waals surface area contributed by atoms with Gasteiger partial charge < -0.3 is 0 Å². The molecule has 1 aliphatic carbocycles. The molecule has 0 saturated carbocycles. The van der Waals surface area contributed by atoms with Crippen molar-refractivity contribution in [1.29, 1.82) is 0 Å². The molecule has 2 aromatic heterocycles. The van der Waals surface area contributed by atoms with Gasteiger partial charge in [0.05, 0.1) is 17.3 Å². The predicted octanol–water partition coefficient (Wildman–Crippen LogP) is 2.57. The van der Waals surface area contributed by atoms with Gasteiger partial charge in [0, 0.05) is 24.5 Å². The van der Waals surface area contributed by atoms with Crippen LogP contribution in [0.5, 0.6) is 0 Å². The van der Waals surface area contributed by atoms with E-state index in [-0.39, 0.29) is 5.82 Å². The van der Waals surface area contributed by atoms with Crippen LogP contribution in [-0.2, 0) is 23.1 Å². The minimum Gasteiger partial charge on any atom is -0.289 e. The second-order valence-corrected chi connectivity index (χ2v) is 6.98. The molecule has 0 radical (unpaired) electrons. The quantitative estimate of drug-likeness (QED) is 0.552. The lowest BCUT2D eigenvalue weighted by molar-refractivity contribution is -0.135. The normalized spacial score (nSPS) is 18.4. The first-order valence-electron chi connectivity index (χ1n) is 8.65. The van der Waals surface area contributed by atoms with Crippen LogP contribution in [0.2, 0.25) is 0 Å². The number of benzene rings is 1. The molecule has 0 spiro atoms. The number of rotatable bonds is 3. The third-order valence-electron chi connectivity index (χ3n) is 5.46. The Bertz CT molecular complexity index is 1050. The molecule has 6 nitrogen and oxygen atoms in total. The Morgan fingerprint density at radius 1 is 1.26 bits per heavy atom. The first-order chi connectivity index (χ1) is 13.0. The number of nitrogens with zero attached hydrogens (tertiary/aromatic N) is 3. The summed E-state index contributed by atoms with van der Waals surface area (Å²) >= 11 is 0. The number of amides is 1. The van der Waals surface area contributed by atoms with Crippen LogP contribution in [0.1, 0.15) is 27.9 Å². The molecule has 27 heavy (non-hydrogen) atoms. The molecule has 138 valence electrons. The number of aromatic nitrogens is 3. The van der Waals surface area contributed by atoms with Crippen LogP contribution in [0.3, 0.4) is 0 Å². The van der Waals surface area contributed by atoms with Crippen molar-refractivity contribution in [2.45, 2.75) is 32.1 Å². The molecule has 3 aromatic rings. The van der Waals surface area contributed by atoms with Gasteiger partial charge >= 0.3 is 0 Å². The summed E-state index contributed by atoms with van der Waals surface area (Å²) in [6, 6.07) is 6.57. The van der Waals surface area contributed by atoms with Crippen LogP contribution >= 0.6 is 0 Å². The van der Waals surface area contributed by atoms with Crippen molar-refractivity contribution in [3.05, 3.63) is 76.6 Å². The average Bonchev–Trinajstić information content (AvgIpc) is 3.22. The molecule has 0 saturated heterocycles. The summed E-state index contributed by atoms with van der Waals surface area (Å²) in [5.41, 5.74) is 5.29. The number of fused-ring (bicyclic) bond motifs is 1. The van der Waals surface area contributed by atoms with Crippen molar-refractivity contribution in [3.8, 4) is 5.69 Å². The fraction of sp³-hybridized carbons (Fsp3) is 0.250. The van der Waals surface area contributed by atoms with Gasteiger partial charge in [0.15, 0.2) is 0 Å². The fourth-order valence-electron chi connectivity index (χ4n) is 4.03.